The molecule has 0 heterocycles. The first-order valence-corrected chi connectivity index (χ1v) is 7.11. The molecule has 2 aromatic carbocycles. The smallest absolute Gasteiger partial charge is 0.338 e. The number of esters is 1. The number of carbonyl (C=O) groups excluding carboxylic acids is 2. The lowest BCUT2D eigenvalue weighted by Gasteiger charge is -2.10. The first kappa shape index (κ1) is 16.8. The van der Waals surface area contributed by atoms with E-state index in [9.17, 15) is 9.59 Å². The highest BCUT2D eigenvalue weighted by Gasteiger charge is 2.16. The van der Waals surface area contributed by atoms with Crippen LogP contribution in [-0.4, -0.2) is 32.6 Å². The van der Waals surface area contributed by atoms with Crippen molar-refractivity contribution in [2.24, 2.45) is 0 Å². The number of ketones is 1. The number of carbonyl (C=O) groups is 2. The second kappa shape index (κ2) is 7.65. The van der Waals surface area contributed by atoms with Crippen LogP contribution in [-0.2, 0) is 4.74 Å². The number of halogens is 1. The van der Waals surface area contributed by atoms with Gasteiger partial charge in [-0.05, 0) is 36.4 Å². The van der Waals surface area contributed by atoms with Crippen molar-refractivity contribution < 1.29 is 23.8 Å². The molecule has 120 valence electrons. The monoisotopic (exact) mass is 334 g/mol. The van der Waals surface area contributed by atoms with Crippen molar-refractivity contribution in [3.63, 3.8) is 0 Å². The average molecular weight is 335 g/mol. The van der Waals surface area contributed by atoms with E-state index in [4.69, 9.17) is 25.8 Å². The molecule has 23 heavy (non-hydrogen) atoms. The molecular formula is C17H15ClO5. The summed E-state index contributed by atoms with van der Waals surface area (Å²) in [7, 11) is 2.97. The molecule has 0 spiro atoms. The number of benzene rings is 2. The number of rotatable bonds is 6. The normalized spacial score (nSPS) is 10.0. The van der Waals surface area contributed by atoms with Crippen LogP contribution in [0.2, 0.25) is 5.02 Å². The van der Waals surface area contributed by atoms with Crippen molar-refractivity contribution in [1.82, 2.24) is 0 Å². The Morgan fingerprint density at radius 2 is 1.70 bits per heavy atom. The quantitative estimate of drug-likeness (QED) is 0.598. The van der Waals surface area contributed by atoms with Crippen molar-refractivity contribution in [1.29, 1.82) is 0 Å². The van der Waals surface area contributed by atoms with Gasteiger partial charge in [-0.3, -0.25) is 4.79 Å². The molecule has 0 saturated heterocycles. The fraction of sp³-hybridized carbons (Fsp3) is 0.176. The summed E-state index contributed by atoms with van der Waals surface area (Å²) in [4.78, 5) is 24.1. The van der Waals surface area contributed by atoms with Crippen LogP contribution < -0.4 is 9.47 Å². The summed E-state index contributed by atoms with van der Waals surface area (Å²) >= 11 is 5.75. The molecular weight excluding hydrogens is 320 g/mol. The molecule has 0 radical (unpaired) electrons. The third-order valence-electron chi connectivity index (χ3n) is 3.12. The van der Waals surface area contributed by atoms with E-state index in [0.717, 1.165) is 0 Å². The molecule has 2 rings (SSSR count). The van der Waals surface area contributed by atoms with E-state index in [1.807, 2.05) is 0 Å². The third kappa shape index (κ3) is 4.23. The standard InChI is InChI=1S/C17H15ClO5/c1-21-13-7-8-14(16(9-13)22-2)15(19)10-23-17(20)11-3-5-12(18)6-4-11/h3-9H,10H2,1-2H3. The van der Waals surface area contributed by atoms with Gasteiger partial charge in [0.15, 0.2) is 6.61 Å². The van der Waals surface area contributed by atoms with Crippen molar-refractivity contribution in [2.45, 2.75) is 0 Å². The molecule has 0 amide bonds. The Morgan fingerprint density at radius 3 is 2.30 bits per heavy atom. The van der Waals surface area contributed by atoms with E-state index in [1.54, 1.807) is 30.3 Å². The van der Waals surface area contributed by atoms with Crippen LogP contribution in [0, 0.1) is 0 Å². The minimum Gasteiger partial charge on any atom is -0.497 e. The zero-order valence-electron chi connectivity index (χ0n) is 12.7. The highest BCUT2D eigenvalue weighted by molar-refractivity contribution is 6.30. The second-order valence-corrected chi connectivity index (χ2v) is 5.01. The predicted octanol–water partition coefficient (Wildman–Crippen LogP) is 3.40. The van der Waals surface area contributed by atoms with Crippen LogP contribution in [0.4, 0.5) is 0 Å². The summed E-state index contributed by atoms with van der Waals surface area (Å²) in [5.74, 6) is -0.0391. The minimum absolute atomic E-state index is 0.317. The first-order valence-electron chi connectivity index (χ1n) is 6.73. The Morgan fingerprint density at radius 1 is 1.00 bits per heavy atom. The third-order valence-corrected chi connectivity index (χ3v) is 3.38. The Balaban J connectivity index is 2.04. The number of Topliss-reactive ketones (excluding diaryl/α,β-unsaturated/α-hetero) is 1. The molecule has 6 heteroatoms. The van der Waals surface area contributed by atoms with E-state index in [0.29, 0.717) is 27.6 Å². The van der Waals surface area contributed by atoms with Crippen LogP contribution in [0.5, 0.6) is 11.5 Å². The second-order valence-electron chi connectivity index (χ2n) is 4.57. The highest BCUT2D eigenvalue weighted by atomic mass is 35.5. The van der Waals surface area contributed by atoms with E-state index in [1.165, 1.54) is 26.4 Å². The number of methoxy groups -OCH3 is 2. The van der Waals surface area contributed by atoms with Crippen LogP contribution in [0.1, 0.15) is 20.7 Å². The van der Waals surface area contributed by atoms with Gasteiger partial charge in [-0.25, -0.2) is 4.79 Å². The van der Waals surface area contributed by atoms with Crippen molar-refractivity contribution in [2.75, 3.05) is 20.8 Å². The summed E-state index contributed by atoms with van der Waals surface area (Å²) < 4.78 is 15.2. The van der Waals surface area contributed by atoms with Crippen LogP contribution in [0.15, 0.2) is 42.5 Å². The maximum Gasteiger partial charge on any atom is 0.338 e. The summed E-state index contributed by atoms with van der Waals surface area (Å²) in [6.45, 7) is -0.385. The minimum atomic E-state index is -0.595. The molecule has 0 atom stereocenters. The SMILES string of the molecule is COc1ccc(C(=O)COC(=O)c2ccc(Cl)cc2)c(OC)c1. The van der Waals surface area contributed by atoms with Crippen LogP contribution in [0.25, 0.3) is 0 Å². The first-order chi connectivity index (χ1) is 11.0. The number of ether oxygens (including phenoxy) is 3. The number of hydrogen-bond acceptors (Lipinski definition) is 5. The molecule has 0 aliphatic rings. The van der Waals surface area contributed by atoms with Gasteiger partial charge in [-0.1, -0.05) is 11.6 Å². The molecule has 0 aliphatic carbocycles. The lowest BCUT2D eigenvalue weighted by atomic mass is 10.1. The predicted molar refractivity (Wildman–Crippen MR) is 85.6 cm³/mol. The Hall–Kier alpha value is -2.53. The molecule has 0 aromatic heterocycles. The largest absolute Gasteiger partial charge is 0.497 e. The maximum atomic E-state index is 12.2. The molecule has 0 N–H and O–H groups in total. The summed E-state index contributed by atoms with van der Waals surface area (Å²) in [6, 6.07) is 11.0. The molecule has 0 unspecified atom stereocenters. The molecule has 0 bridgehead atoms. The Bertz CT molecular complexity index is 709. The zero-order chi connectivity index (χ0) is 16.8. The van der Waals surface area contributed by atoms with Crippen molar-refractivity contribution >= 4 is 23.4 Å². The fourth-order valence-electron chi connectivity index (χ4n) is 1.91. The van der Waals surface area contributed by atoms with Crippen LogP contribution in [0.3, 0.4) is 0 Å². The van der Waals surface area contributed by atoms with Gasteiger partial charge in [0, 0.05) is 11.1 Å². The van der Waals surface area contributed by atoms with E-state index >= 15 is 0 Å². The van der Waals surface area contributed by atoms with Crippen molar-refractivity contribution in [3.05, 3.63) is 58.6 Å². The summed E-state index contributed by atoms with van der Waals surface area (Å²) in [5, 5.41) is 0.514. The van der Waals surface area contributed by atoms with Gasteiger partial charge in [0.25, 0.3) is 0 Å². The molecule has 0 saturated carbocycles. The van der Waals surface area contributed by atoms with E-state index in [2.05, 4.69) is 0 Å². The van der Waals surface area contributed by atoms with Gasteiger partial charge in [0.2, 0.25) is 5.78 Å². The fourth-order valence-corrected chi connectivity index (χ4v) is 2.03. The van der Waals surface area contributed by atoms with Crippen molar-refractivity contribution in [3.8, 4) is 11.5 Å². The van der Waals surface area contributed by atoms with Crippen LogP contribution >= 0.6 is 11.6 Å². The highest BCUT2D eigenvalue weighted by Crippen LogP contribution is 2.25. The molecule has 5 nitrogen and oxygen atoms in total. The van der Waals surface area contributed by atoms with Gasteiger partial charge in [-0.15, -0.1) is 0 Å². The van der Waals surface area contributed by atoms with Gasteiger partial charge in [-0.2, -0.15) is 0 Å². The molecule has 0 aliphatic heterocycles. The molecule has 0 fully saturated rings. The summed E-state index contributed by atoms with van der Waals surface area (Å²) in [6.07, 6.45) is 0. The zero-order valence-corrected chi connectivity index (χ0v) is 13.4. The summed E-state index contributed by atoms with van der Waals surface area (Å²) in [5.41, 5.74) is 0.640. The van der Waals surface area contributed by atoms with E-state index in [-0.39, 0.29) is 12.4 Å². The Kier molecular flexibility index (Phi) is 5.60. The lowest BCUT2D eigenvalue weighted by molar-refractivity contribution is 0.0474. The Labute approximate surface area is 138 Å². The van der Waals surface area contributed by atoms with E-state index < -0.39 is 5.97 Å². The lowest BCUT2D eigenvalue weighted by Crippen LogP contribution is -2.15. The van der Waals surface area contributed by atoms with Gasteiger partial charge in [0.05, 0.1) is 25.3 Å². The number of hydrogen-bond donors (Lipinski definition) is 0. The van der Waals surface area contributed by atoms with Gasteiger partial charge < -0.3 is 14.2 Å². The van der Waals surface area contributed by atoms with Gasteiger partial charge in [0.1, 0.15) is 11.5 Å². The van der Waals surface area contributed by atoms with Gasteiger partial charge >= 0.3 is 5.97 Å². The molecule has 2 aromatic rings. The topological polar surface area (TPSA) is 61.8 Å². The average Bonchev–Trinajstić information content (AvgIpc) is 2.59. The maximum absolute atomic E-state index is 12.2.